The lowest BCUT2D eigenvalue weighted by molar-refractivity contribution is -0.660. The maximum Gasteiger partial charge on any atom is 0.256 e. The SMILES string of the molecule is [C-]#[N+]Cc1cc[n+](C)c2c1Oc1cc(CC(C)C)cc3cc(C)c(C)c-2c13. The van der Waals surface area contributed by atoms with Gasteiger partial charge in [0.15, 0.2) is 6.20 Å². The van der Waals surface area contributed by atoms with Crippen LogP contribution in [0, 0.1) is 26.3 Å². The highest BCUT2D eigenvalue weighted by molar-refractivity contribution is 6.05. The van der Waals surface area contributed by atoms with E-state index >= 15 is 0 Å². The summed E-state index contributed by atoms with van der Waals surface area (Å²) < 4.78 is 8.59. The number of benzene rings is 2. The maximum absolute atomic E-state index is 7.32. The van der Waals surface area contributed by atoms with Crippen molar-refractivity contribution in [1.29, 1.82) is 0 Å². The molecule has 3 nitrogen and oxygen atoms in total. The Kier molecular flexibility index (Phi) is 4.15. The Morgan fingerprint density at radius 3 is 2.67 bits per heavy atom. The number of ether oxygens (including phenoxy) is 1. The molecule has 0 saturated heterocycles. The number of fused-ring (bicyclic) bond motifs is 2. The fraction of sp³-hybridized carbons (Fsp3) is 0.333. The van der Waals surface area contributed by atoms with Crippen LogP contribution in [0.4, 0.5) is 0 Å². The average Bonchev–Trinajstić information content (AvgIpc) is 2.60. The molecule has 1 aliphatic heterocycles. The Labute approximate surface area is 161 Å². The van der Waals surface area contributed by atoms with E-state index in [1.165, 1.54) is 33.0 Å². The monoisotopic (exact) mass is 357 g/mol. The molecule has 0 fully saturated rings. The van der Waals surface area contributed by atoms with E-state index in [-0.39, 0.29) is 0 Å². The van der Waals surface area contributed by atoms with Crippen LogP contribution in [0.15, 0.2) is 30.5 Å². The third-order valence-electron chi connectivity index (χ3n) is 5.48. The molecular formula is C24H25N2O+. The van der Waals surface area contributed by atoms with E-state index in [1.807, 2.05) is 12.3 Å². The highest BCUT2D eigenvalue weighted by atomic mass is 16.5. The summed E-state index contributed by atoms with van der Waals surface area (Å²) in [4.78, 5) is 3.61. The summed E-state index contributed by atoms with van der Waals surface area (Å²) in [6.45, 7) is 16.5. The quantitative estimate of drug-likeness (QED) is 0.341. The molecule has 136 valence electrons. The van der Waals surface area contributed by atoms with Gasteiger partial charge in [0.25, 0.3) is 5.69 Å². The summed E-state index contributed by atoms with van der Waals surface area (Å²) >= 11 is 0. The minimum absolute atomic E-state index is 0.332. The predicted octanol–water partition coefficient (Wildman–Crippen LogP) is 5.67. The molecule has 0 bridgehead atoms. The zero-order valence-electron chi connectivity index (χ0n) is 16.7. The van der Waals surface area contributed by atoms with Gasteiger partial charge in [0.2, 0.25) is 12.3 Å². The molecule has 0 radical (unpaired) electrons. The van der Waals surface area contributed by atoms with E-state index in [1.54, 1.807) is 0 Å². The van der Waals surface area contributed by atoms with E-state index in [4.69, 9.17) is 11.3 Å². The molecule has 1 aromatic heterocycles. The summed E-state index contributed by atoms with van der Waals surface area (Å²) in [6, 6.07) is 8.78. The maximum atomic E-state index is 7.32. The van der Waals surface area contributed by atoms with Gasteiger partial charge in [-0.1, -0.05) is 26.0 Å². The van der Waals surface area contributed by atoms with E-state index in [9.17, 15) is 0 Å². The minimum atomic E-state index is 0.332. The average molecular weight is 357 g/mol. The van der Waals surface area contributed by atoms with Crippen LogP contribution < -0.4 is 9.30 Å². The lowest BCUT2D eigenvalue weighted by Crippen LogP contribution is -2.32. The van der Waals surface area contributed by atoms with Crippen molar-refractivity contribution in [2.24, 2.45) is 13.0 Å². The second kappa shape index (κ2) is 6.39. The number of hydrogen-bond acceptors (Lipinski definition) is 1. The zero-order valence-corrected chi connectivity index (χ0v) is 16.7. The van der Waals surface area contributed by atoms with Crippen LogP contribution in [-0.2, 0) is 20.0 Å². The number of hydrogen-bond donors (Lipinski definition) is 0. The molecule has 0 aliphatic carbocycles. The molecule has 0 spiro atoms. The predicted molar refractivity (Wildman–Crippen MR) is 109 cm³/mol. The van der Waals surface area contributed by atoms with Crippen molar-refractivity contribution in [3.05, 3.63) is 64.1 Å². The van der Waals surface area contributed by atoms with Crippen LogP contribution in [-0.4, -0.2) is 0 Å². The van der Waals surface area contributed by atoms with Crippen molar-refractivity contribution >= 4 is 10.8 Å². The molecule has 3 aromatic rings. The Balaban J connectivity index is 2.10. The van der Waals surface area contributed by atoms with Gasteiger partial charge in [0.1, 0.15) is 12.8 Å². The van der Waals surface area contributed by atoms with Gasteiger partial charge in [0, 0.05) is 11.5 Å². The van der Waals surface area contributed by atoms with Crippen molar-refractivity contribution < 1.29 is 9.30 Å². The van der Waals surface area contributed by atoms with Crippen molar-refractivity contribution in [3.8, 4) is 22.8 Å². The molecule has 0 amide bonds. The Morgan fingerprint density at radius 2 is 1.96 bits per heavy atom. The number of rotatable bonds is 3. The number of pyridine rings is 1. The second-order valence-corrected chi connectivity index (χ2v) is 8.03. The van der Waals surface area contributed by atoms with E-state index < -0.39 is 0 Å². The third-order valence-corrected chi connectivity index (χ3v) is 5.48. The first kappa shape index (κ1) is 17.5. The number of aromatic nitrogens is 1. The number of aryl methyl sites for hydroxylation is 2. The normalized spacial score (nSPS) is 12.0. The topological polar surface area (TPSA) is 17.5 Å². The summed E-state index contributed by atoms with van der Waals surface area (Å²) in [5.74, 6) is 2.35. The van der Waals surface area contributed by atoms with Crippen molar-refractivity contribution in [1.82, 2.24) is 0 Å². The first-order chi connectivity index (χ1) is 12.9. The Bertz CT molecular complexity index is 1120. The fourth-order valence-corrected chi connectivity index (χ4v) is 4.16. The van der Waals surface area contributed by atoms with Gasteiger partial charge >= 0.3 is 0 Å². The summed E-state index contributed by atoms with van der Waals surface area (Å²) in [7, 11) is 2.05. The van der Waals surface area contributed by atoms with Gasteiger partial charge in [-0.05, 0) is 54.3 Å². The van der Waals surface area contributed by atoms with Gasteiger partial charge in [-0.2, -0.15) is 4.57 Å². The molecule has 0 unspecified atom stereocenters. The minimum Gasteiger partial charge on any atom is -0.449 e. The lowest BCUT2D eigenvalue weighted by Gasteiger charge is -2.23. The van der Waals surface area contributed by atoms with E-state index in [0.717, 1.165) is 29.2 Å². The van der Waals surface area contributed by atoms with Gasteiger partial charge in [-0.25, -0.2) is 6.57 Å². The molecule has 2 aromatic carbocycles. The van der Waals surface area contributed by atoms with Gasteiger partial charge in [-0.15, -0.1) is 0 Å². The Morgan fingerprint density at radius 1 is 1.19 bits per heavy atom. The molecule has 3 heteroatoms. The summed E-state index contributed by atoms with van der Waals surface area (Å²) in [5.41, 5.74) is 7.14. The summed E-state index contributed by atoms with van der Waals surface area (Å²) in [5, 5.41) is 2.43. The van der Waals surface area contributed by atoms with Crippen molar-refractivity contribution in [2.75, 3.05) is 0 Å². The molecule has 0 saturated carbocycles. The fourth-order valence-electron chi connectivity index (χ4n) is 4.16. The van der Waals surface area contributed by atoms with Crippen LogP contribution in [0.5, 0.6) is 11.5 Å². The highest BCUT2D eigenvalue weighted by Crippen LogP contribution is 2.49. The molecule has 2 heterocycles. The third kappa shape index (κ3) is 2.77. The van der Waals surface area contributed by atoms with E-state index in [0.29, 0.717) is 12.5 Å². The standard InChI is InChI=1S/C24H25N2O/c1-14(2)9-17-11-19-10-15(3)16(4)21-22(19)20(12-17)27-24-18(13-25-5)7-8-26(6)23(21)24/h7-8,10-12,14H,9,13H2,1-4,6H3/q+1. The van der Waals surface area contributed by atoms with Crippen molar-refractivity contribution in [2.45, 2.75) is 40.7 Å². The smallest absolute Gasteiger partial charge is 0.256 e. The molecule has 27 heavy (non-hydrogen) atoms. The molecular weight excluding hydrogens is 332 g/mol. The largest absolute Gasteiger partial charge is 0.449 e. The number of nitrogens with zero attached hydrogens (tertiary/aromatic N) is 2. The van der Waals surface area contributed by atoms with E-state index in [2.05, 4.69) is 62.4 Å². The zero-order chi connectivity index (χ0) is 19.3. The van der Waals surface area contributed by atoms with Crippen LogP contribution in [0.3, 0.4) is 0 Å². The summed E-state index contributed by atoms with van der Waals surface area (Å²) in [6.07, 6.45) is 3.06. The highest BCUT2D eigenvalue weighted by Gasteiger charge is 2.32. The van der Waals surface area contributed by atoms with Crippen LogP contribution >= 0.6 is 0 Å². The molecule has 1 aliphatic rings. The van der Waals surface area contributed by atoms with Gasteiger partial charge < -0.3 is 9.58 Å². The van der Waals surface area contributed by atoms with Crippen LogP contribution in [0.25, 0.3) is 26.9 Å². The molecule has 0 atom stereocenters. The van der Waals surface area contributed by atoms with Crippen molar-refractivity contribution in [3.63, 3.8) is 0 Å². The first-order valence-corrected chi connectivity index (χ1v) is 9.50. The first-order valence-electron chi connectivity index (χ1n) is 9.50. The Hall–Kier alpha value is -2.86. The van der Waals surface area contributed by atoms with Crippen LogP contribution in [0.2, 0.25) is 0 Å². The van der Waals surface area contributed by atoms with Gasteiger partial charge in [-0.3, -0.25) is 0 Å². The lowest BCUT2D eigenvalue weighted by atomic mass is 9.88. The van der Waals surface area contributed by atoms with Crippen LogP contribution in [0.1, 0.15) is 36.1 Å². The van der Waals surface area contributed by atoms with Gasteiger partial charge in [0.05, 0.1) is 11.1 Å². The molecule has 0 N–H and O–H groups in total. The molecule has 4 rings (SSSR count). The second-order valence-electron chi connectivity index (χ2n) is 8.03.